The number of carbonyl (C=O) groups is 1. The van der Waals surface area contributed by atoms with Crippen LogP contribution in [0.25, 0.3) is 0 Å². The summed E-state index contributed by atoms with van der Waals surface area (Å²) in [6, 6.07) is -0.526. The number of aromatic nitrogens is 2. The summed E-state index contributed by atoms with van der Waals surface area (Å²) in [7, 11) is 0. The highest BCUT2D eigenvalue weighted by Crippen LogP contribution is 2.13. The van der Waals surface area contributed by atoms with Gasteiger partial charge in [-0.3, -0.25) is 4.79 Å². The summed E-state index contributed by atoms with van der Waals surface area (Å²) in [6.07, 6.45) is 1.58. The monoisotopic (exact) mass is 266 g/mol. The van der Waals surface area contributed by atoms with Crippen LogP contribution in [-0.2, 0) is 0 Å². The number of aryl methyl sites for hydroxylation is 1. The average Bonchev–Trinajstić information content (AvgIpc) is 2.49. The number of nitrogens with zero attached hydrogens (tertiary/aromatic N) is 3. The molecular weight excluding hydrogens is 248 g/mol. The first-order valence-electron chi connectivity index (χ1n) is 6.17. The Morgan fingerprint density at radius 1 is 1.37 bits per heavy atom. The summed E-state index contributed by atoms with van der Waals surface area (Å²) in [5.74, 6) is 0.265. The van der Waals surface area contributed by atoms with Crippen LogP contribution >= 0.6 is 0 Å². The van der Waals surface area contributed by atoms with Gasteiger partial charge < -0.3 is 20.8 Å². The lowest BCUT2D eigenvalue weighted by atomic mass is 10.1. The van der Waals surface area contributed by atoms with Crippen molar-refractivity contribution in [3.8, 4) is 0 Å². The van der Waals surface area contributed by atoms with Crippen molar-refractivity contribution in [3.05, 3.63) is 23.8 Å². The molecule has 19 heavy (non-hydrogen) atoms. The van der Waals surface area contributed by atoms with Crippen LogP contribution in [0.2, 0.25) is 0 Å². The van der Waals surface area contributed by atoms with Crippen LogP contribution in [-0.4, -0.2) is 62.3 Å². The standard InChI is InChI=1S/C12H18N4O3/c1-7-14-3-8(4-15-7)12(19)16-5-9(17)2-10(13)11(18)6-16/h3-4,9-11,17-18H,2,5-6,13H2,1H3/t9-,10-,11-/m1/s1. The first kappa shape index (κ1) is 13.9. The van der Waals surface area contributed by atoms with Crippen molar-refractivity contribution >= 4 is 5.91 Å². The maximum Gasteiger partial charge on any atom is 0.257 e. The van der Waals surface area contributed by atoms with Crippen molar-refractivity contribution in [2.75, 3.05) is 13.1 Å². The largest absolute Gasteiger partial charge is 0.391 e. The highest BCUT2D eigenvalue weighted by Gasteiger charge is 2.30. The Labute approximate surface area is 111 Å². The smallest absolute Gasteiger partial charge is 0.257 e. The van der Waals surface area contributed by atoms with E-state index in [1.54, 1.807) is 6.92 Å². The fourth-order valence-electron chi connectivity index (χ4n) is 2.09. The first-order valence-corrected chi connectivity index (χ1v) is 6.17. The van der Waals surface area contributed by atoms with Crippen molar-refractivity contribution in [2.24, 2.45) is 5.73 Å². The molecule has 0 spiro atoms. The zero-order valence-corrected chi connectivity index (χ0v) is 10.7. The zero-order chi connectivity index (χ0) is 14.0. The van der Waals surface area contributed by atoms with E-state index < -0.39 is 18.2 Å². The summed E-state index contributed by atoms with van der Waals surface area (Å²) in [4.78, 5) is 21.6. The van der Waals surface area contributed by atoms with Gasteiger partial charge in [0.25, 0.3) is 5.91 Å². The molecule has 1 aromatic rings. The first-order chi connectivity index (χ1) is 8.97. The van der Waals surface area contributed by atoms with E-state index in [1.807, 2.05) is 0 Å². The van der Waals surface area contributed by atoms with Gasteiger partial charge in [0.15, 0.2) is 0 Å². The van der Waals surface area contributed by atoms with Gasteiger partial charge in [0.05, 0.1) is 17.8 Å². The van der Waals surface area contributed by atoms with Crippen LogP contribution < -0.4 is 5.73 Å². The summed E-state index contributed by atoms with van der Waals surface area (Å²) < 4.78 is 0. The van der Waals surface area contributed by atoms with Gasteiger partial charge in [-0.1, -0.05) is 0 Å². The van der Waals surface area contributed by atoms with E-state index >= 15 is 0 Å². The fraction of sp³-hybridized carbons (Fsp3) is 0.583. The number of hydrogen-bond acceptors (Lipinski definition) is 6. The minimum atomic E-state index is -0.840. The van der Waals surface area contributed by atoms with Gasteiger partial charge in [-0.25, -0.2) is 9.97 Å². The lowest BCUT2D eigenvalue weighted by Gasteiger charge is -2.23. The van der Waals surface area contributed by atoms with E-state index in [0.717, 1.165) is 0 Å². The van der Waals surface area contributed by atoms with Crippen LogP contribution in [0.1, 0.15) is 22.6 Å². The second-order valence-corrected chi connectivity index (χ2v) is 4.85. The highest BCUT2D eigenvalue weighted by molar-refractivity contribution is 5.93. The van der Waals surface area contributed by atoms with E-state index in [1.165, 1.54) is 17.3 Å². The summed E-state index contributed by atoms with van der Waals surface area (Å²) in [5, 5.41) is 19.6. The molecular formula is C12H18N4O3. The Morgan fingerprint density at radius 3 is 2.63 bits per heavy atom. The van der Waals surface area contributed by atoms with Crippen molar-refractivity contribution in [2.45, 2.75) is 31.6 Å². The second kappa shape index (κ2) is 5.60. The molecule has 0 aliphatic carbocycles. The van der Waals surface area contributed by atoms with Gasteiger partial charge in [0, 0.05) is 31.5 Å². The van der Waals surface area contributed by atoms with E-state index in [-0.39, 0.29) is 25.4 Å². The van der Waals surface area contributed by atoms with Gasteiger partial charge >= 0.3 is 0 Å². The molecule has 0 unspecified atom stereocenters. The predicted octanol–water partition coefficient (Wildman–Crippen LogP) is -1.32. The molecule has 1 fully saturated rings. The van der Waals surface area contributed by atoms with Gasteiger partial charge in [-0.05, 0) is 13.3 Å². The minimum Gasteiger partial charge on any atom is -0.391 e. The number of aliphatic hydroxyl groups is 2. The highest BCUT2D eigenvalue weighted by atomic mass is 16.3. The van der Waals surface area contributed by atoms with Crippen LogP contribution in [0.4, 0.5) is 0 Å². The molecule has 7 heteroatoms. The molecule has 1 aliphatic rings. The van der Waals surface area contributed by atoms with Crippen LogP contribution in [0, 0.1) is 6.92 Å². The molecule has 0 bridgehead atoms. The molecule has 104 valence electrons. The maximum absolute atomic E-state index is 12.2. The van der Waals surface area contributed by atoms with Gasteiger partial charge in [0.1, 0.15) is 5.82 Å². The normalized spacial score (nSPS) is 28.0. The number of β-amino-alcohol motifs (C(OH)–C–C–N with tert-alkyl or cyclic N) is 2. The molecule has 2 heterocycles. The van der Waals surface area contributed by atoms with E-state index in [0.29, 0.717) is 11.4 Å². The van der Waals surface area contributed by atoms with Crippen LogP contribution in [0.5, 0.6) is 0 Å². The Morgan fingerprint density at radius 2 is 2.00 bits per heavy atom. The molecule has 0 saturated carbocycles. The van der Waals surface area contributed by atoms with E-state index in [2.05, 4.69) is 9.97 Å². The van der Waals surface area contributed by atoms with Gasteiger partial charge in [0.2, 0.25) is 0 Å². The second-order valence-electron chi connectivity index (χ2n) is 4.85. The number of amides is 1. The van der Waals surface area contributed by atoms with Crippen molar-refractivity contribution in [3.63, 3.8) is 0 Å². The average molecular weight is 266 g/mol. The van der Waals surface area contributed by atoms with E-state index in [4.69, 9.17) is 5.73 Å². The molecule has 0 aromatic carbocycles. The Balaban J connectivity index is 2.15. The fourth-order valence-corrected chi connectivity index (χ4v) is 2.09. The van der Waals surface area contributed by atoms with Crippen LogP contribution in [0.15, 0.2) is 12.4 Å². The van der Waals surface area contributed by atoms with Gasteiger partial charge in [-0.15, -0.1) is 0 Å². The third-order valence-electron chi connectivity index (χ3n) is 3.19. The molecule has 0 radical (unpaired) electrons. The number of hydrogen-bond donors (Lipinski definition) is 3. The predicted molar refractivity (Wildman–Crippen MR) is 67.3 cm³/mol. The van der Waals surface area contributed by atoms with E-state index in [9.17, 15) is 15.0 Å². The lowest BCUT2D eigenvalue weighted by Crippen LogP contribution is -2.42. The molecule has 7 nitrogen and oxygen atoms in total. The Bertz CT molecular complexity index is 451. The topological polar surface area (TPSA) is 113 Å². The van der Waals surface area contributed by atoms with Crippen molar-refractivity contribution < 1.29 is 15.0 Å². The third-order valence-corrected chi connectivity index (χ3v) is 3.19. The number of likely N-dealkylation sites (tertiary alicyclic amines) is 1. The molecule has 4 N–H and O–H groups in total. The quantitative estimate of drug-likeness (QED) is 0.581. The summed E-state index contributed by atoms with van der Waals surface area (Å²) in [5.41, 5.74) is 6.05. The van der Waals surface area contributed by atoms with Gasteiger partial charge in [-0.2, -0.15) is 0 Å². The molecule has 2 rings (SSSR count). The van der Waals surface area contributed by atoms with Crippen molar-refractivity contribution in [1.82, 2.24) is 14.9 Å². The Kier molecular flexibility index (Phi) is 4.08. The number of carbonyl (C=O) groups excluding carboxylic acids is 1. The molecule has 1 aromatic heterocycles. The molecule has 1 saturated heterocycles. The molecule has 1 amide bonds. The summed E-state index contributed by atoms with van der Waals surface area (Å²) >= 11 is 0. The minimum absolute atomic E-state index is 0.102. The third kappa shape index (κ3) is 3.25. The molecule has 1 aliphatic heterocycles. The SMILES string of the molecule is Cc1ncc(C(=O)N2C[C@H](O)C[C@@H](N)[C@H](O)C2)cn1. The zero-order valence-electron chi connectivity index (χ0n) is 10.7. The Hall–Kier alpha value is -1.57. The molecule has 3 atom stereocenters. The lowest BCUT2D eigenvalue weighted by molar-refractivity contribution is 0.0580. The van der Waals surface area contributed by atoms with Crippen molar-refractivity contribution in [1.29, 1.82) is 0 Å². The van der Waals surface area contributed by atoms with Crippen LogP contribution in [0.3, 0.4) is 0 Å². The maximum atomic E-state index is 12.2. The number of nitrogens with two attached hydrogens (primary N) is 1. The summed E-state index contributed by atoms with van der Waals surface area (Å²) in [6.45, 7) is 1.98. The number of aliphatic hydroxyl groups excluding tert-OH is 2. The number of rotatable bonds is 1.